The van der Waals surface area contributed by atoms with Crippen LogP contribution < -0.4 is 0 Å². The van der Waals surface area contributed by atoms with Gasteiger partial charge in [-0.2, -0.15) is 0 Å². The molecule has 1 rings (SSSR count). The largest absolute Gasteiger partial charge is 0.0882 e. The predicted octanol–water partition coefficient (Wildman–Crippen LogP) is 4.38. The first-order chi connectivity index (χ1) is 7.00. The summed E-state index contributed by atoms with van der Waals surface area (Å²) < 4.78 is 0. The monoisotopic (exact) mass is 187 g/mol. The van der Waals surface area contributed by atoms with Crippen LogP contribution in [0.25, 0.3) is 0 Å². The second kappa shape index (κ2) is 8.55. The Morgan fingerprint density at radius 1 is 0.500 bits per heavy atom. The highest BCUT2D eigenvalue weighted by molar-refractivity contribution is 5.11. The molecule has 0 aromatic heterocycles. The van der Waals surface area contributed by atoms with Gasteiger partial charge in [0.05, 0.1) is 0 Å². The van der Waals surface area contributed by atoms with E-state index in [9.17, 15) is 0 Å². The second-order valence-corrected chi connectivity index (χ2v) is 3.39. The van der Waals surface area contributed by atoms with Crippen molar-refractivity contribution in [2.24, 2.45) is 0 Å². The fourth-order valence-electron chi connectivity index (χ4n) is 1.31. The molecule has 0 saturated heterocycles. The topological polar surface area (TPSA) is 0 Å². The molecule has 0 spiro atoms. The predicted molar refractivity (Wildman–Crippen MR) is 63.9 cm³/mol. The van der Waals surface area contributed by atoms with Gasteiger partial charge in [0.1, 0.15) is 0 Å². The Hall–Kier alpha value is -1.04. The number of hydrogen-bond donors (Lipinski definition) is 0. The maximum absolute atomic E-state index is 2.34. The van der Waals surface area contributed by atoms with Gasteiger partial charge in [0.2, 0.25) is 0 Å². The summed E-state index contributed by atoms with van der Waals surface area (Å²) in [5.74, 6) is 0. The molecule has 0 bridgehead atoms. The van der Waals surface area contributed by atoms with Crippen molar-refractivity contribution in [3.8, 4) is 0 Å². The molecule has 0 aromatic carbocycles. The van der Waals surface area contributed by atoms with Crippen molar-refractivity contribution in [2.75, 3.05) is 0 Å². The standard InChI is InChI=1S/C14H19/c1-2-4-6-8-10-12-14-13-11-9-7-5-3-1/h1-6,11-13H,7-10,14H2. The van der Waals surface area contributed by atoms with Crippen LogP contribution >= 0.6 is 0 Å². The van der Waals surface area contributed by atoms with Gasteiger partial charge in [0.25, 0.3) is 0 Å². The molecule has 0 aromatic rings. The molecule has 75 valence electrons. The zero-order chi connectivity index (χ0) is 9.90. The highest BCUT2D eigenvalue weighted by Crippen LogP contribution is 2.02. The smallest absolute Gasteiger partial charge is 0.0313 e. The van der Waals surface area contributed by atoms with Crippen LogP contribution in [0.1, 0.15) is 32.1 Å². The van der Waals surface area contributed by atoms with Gasteiger partial charge in [-0.15, -0.1) is 0 Å². The normalized spacial score (nSPS) is 19.4. The Labute approximate surface area is 87.7 Å². The molecule has 0 amide bonds. The molecule has 0 heteroatoms. The zero-order valence-electron chi connectivity index (χ0n) is 8.73. The van der Waals surface area contributed by atoms with Crippen LogP contribution in [0, 0.1) is 6.42 Å². The molecule has 0 aliphatic heterocycles. The lowest BCUT2D eigenvalue weighted by Gasteiger charge is -1.93. The average Bonchev–Trinajstić information content (AvgIpc) is 2.22. The van der Waals surface area contributed by atoms with Crippen molar-refractivity contribution in [3.05, 3.63) is 55.0 Å². The van der Waals surface area contributed by atoms with E-state index in [0.29, 0.717) is 0 Å². The Morgan fingerprint density at radius 3 is 1.93 bits per heavy atom. The third-order valence-corrected chi connectivity index (χ3v) is 2.11. The summed E-state index contributed by atoms with van der Waals surface area (Å²) in [6.45, 7) is 0. The van der Waals surface area contributed by atoms with Crippen LogP contribution in [0.5, 0.6) is 0 Å². The fourth-order valence-corrected chi connectivity index (χ4v) is 1.31. The summed E-state index contributed by atoms with van der Waals surface area (Å²) in [5.41, 5.74) is 0. The van der Waals surface area contributed by atoms with Crippen LogP contribution in [0.2, 0.25) is 0 Å². The summed E-state index contributed by atoms with van der Waals surface area (Å²) in [6.07, 6.45) is 25.5. The summed E-state index contributed by atoms with van der Waals surface area (Å²) in [7, 11) is 0. The summed E-state index contributed by atoms with van der Waals surface area (Å²) in [6, 6.07) is 0. The van der Waals surface area contributed by atoms with E-state index >= 15 is 0 Å². The van der Waals surface area contributed by atoms with Crippen LogP contribution in [0.3, 0.4) is 0 Å². The molecule has 14 heavy (non-hydrogen) atoms. The van der Waals surface area contributed by atoms with Gasteiger partial charge in [0, 0.05) is 0 Å². The molecule has 0 heterocycles. The van der Waals surface area contributed by atoms with Crippen molar-refractivity contribution in [2.45, 2.75) is 32.1 Å². The lowest BCUT2D eigenvalue weighted by molar-refractivity contribution is 0.928. The summed E-state index contributed by atoms with van der Waals surface area (Å²) in [5, 5.41) is 0. The summed E-state index contributed by atoms with van der Waals surface area (Å²) in [4.78, 5) is 0. The van der Waals surface area contributed by atoms with Crippen LogP contribution in [-0.4, -0.2) is 0 Å². The van der Waals surface area contributed by atoms with Crippen molar-refractivity contribution in [1.82, 2.24) is 0 Å². The average molecular weight is 187 g/mol. The minimum Gasteiger partial charge on any atom is -0.0882 e. The minimum atomic E-state index is 1.12. The number of allylic oxidation sites excluding steroid dienone is 8. The first-order valence-corrected chi connectivity index (χ1v) is 5.45. The van der Waals surface area contributed by atoms with E-state index < -0.39 is 0 Å². The van der Waals surface area contributed by atoms with Crippen LogP contribution in [0.15, 0.2) is 48.6 Å². The Morgan fingerprint density at radius 2 is 1.14 bits per heavy atom. The molecule has 0 N–H and O–H groups in total. The SMILES string of the molecule is [CH]1CC=CCCC=CC=CC=CCC1. The molecule has 1 aliphatic carbocycles. The number of hydrogen-bond acceptors (Lipinski definition) is 0. The first-order valence-electron chi connectivity index (χ1n) is 5.45. The van der Waals surface area contributed by atoms with E-state index in [1.807, 2.05) is 0 Å². The van der Waals surface area contributed by atoms with Crippen molar-refractivity contribution in [3.63, 3.8) is 0 Å². The first kappa shape index (κ1) is 11.0. The molecule has 1 radical (unpaired) electrons. The quantitative estimate of drug-likeness (QED) is 0.494. The van der Waals surface area contributed by atoms with Crippen molar-refractivity contribution in [1.29, 1.82) is 0 Å². The zero-order valence-corrected chi connectivity index (χ0v) is 8.73. The van der Waals surface area contributed by atoms with Gasteiger partial charge >= 0.3 is 0 Å². The van der Waals surface area contributed by atoms with Crippen LogP contribution in [0.4, 0.5) is 0 Å². The summed E-state index contributed by atoms with van der Waals surface area (Å²) >= 11 is 0. The molecular weight excluding hydrogens is 168 g/mol. The van der Waals surface area contributed by atoms with E-state index in [4.69, 9.17) is 0 Å². The number of rotatable bonds is 0. The van der Waals surface area contributed by atoms with Gasteiger partial charge in [-0.25, -0.2) is 0 Å². The lowest BCUT2D eigenvalue weighted by atomic mass is 10.1. The molecule has 0 atom stereocenters. The Kier molecular flexibility index (Phi) is 6.74. The van der Waals surface area contributed by atoms with E-state index in [1.165, 1.54) is 6.42 Å². The van der Waals surface area contributed by atoms with E-state index in [1.54, 1.807) is 0 Å². The lowest BCUT2D eigenvalue weighted by Crippen LogP contribution is -1.74. The molecule has 0 fully saturated rings. The molecule has 1 aliphatic rings. The highest BCUT2D eigenvalue weighted by Gasteiger charge is 1.84. The van der Waals surface area contributed by atoms with E-state index in [-0.39, 0.29) is 0 Å². The van der Waals surface area contributed by atoms with Gasteiger partial charge in [-0.1, -0.05) is 48.6 Å². The molecular formula is C14H19. The van der Waals surface area contributed by atoms with Crippen molar-refractivity contribution < 1.29 is 0 Å². The maximum Gasteiger partial charge on any atom is -0.0313 e. The molecule has 0 nitrogen and oxygen atoms in total. The fraction of sp³-hybridized carbons (Fsp3) is 0.357. The maximum atomic E-state index is 2.34. The van der Waals surface area contributed by atoms with Crippen LogP contribution in [-0.2, 0) is 0 Å². The molecule has 0 unspecified atom stereocenters. The molecule has 0 saturated carbocycles. The van der Waals surface area contributed by atoms with Crippen molar-refractivity contribution >= 4 is 0 Å². The third-order valence-electron chi connectivity index (χ3n) is 2.11. The van der Waals surface area contributed by atoms with E-state index in [2.05, 4.69) is 55.0 Å². The van der Waals surface area contributed by atoms with Gasteiger partial charge in [-0.05, 0) is 38.5 Å². The van der Waals surface area contributed by atoms with Gasteiger partial charge in [-0.3, -0.25) is 0 Å². The van der Waals surface area contributed by atoms with E-state index in [0.717, 1.165) is 25.7 Å². The Balaban J connectivity index is 2.35. The van der Waals surface area contributed by atoms with Gasteiger partial charge in [0.15, 0.2) is 0 Å². The second-order valence-electron chi connectivity index (χ2n) is 3.39. The highest BCUT2D eigenvalue weighted by atomic mass is 13.9. The third kappa shape index (κ3) is 6.47. The minimum absolute atomic E-state index is 1.12. The van der Waals surface area contributed by atoms with Gasteiger partial charge < -0.3 is 0 Å². The Bertz CT molecular complexity index is 228.